The Morgan fingerprint density at radius 3 is 1.08 bits per heavy atom. The lowest BCUT2D eigenvalue weighted by atomic mass is 9.91. The van der Waals surface area contributed by atoms with Crippen molar-refractivity contribution in [1.82, 2.24) is 0 Å². The topological polar surface area (TPSA) is 9.23 Å². The highest BCUT2D eigenvalue weighted by molar-refractivity contribution is 5.59. The fourth-order valence-electron chi connectivity index (χ4n) is 3.76. The molecule has 0 aliphatic carbocycles. The Morgan fingerprint density at radius 1 is 0.458 bits per heavy atom. The molecule has 130 valence electrons. The van der Waals surface area contributed by atoms with Crippen LogP contribution in [0.2, 0.25) is 0 Å². The van der Waals surface area contributed by atoms with Gasteiger partial charge in [0.2, 0.25) is 0 Å². The molecule has 0 amide bonds. The van der Waals surface area contributed by atoms with E-state index in [2.05, 4.69) is 69.2 Å². The van der Waals surface area contributed by atoms with Crippen molar-refractivity contribution >= 4 is 0 Å². The van der Waals surface area contributed by atoms with E-state index in [9.17, 15) is 0 Å². The molecule has 0 atom stereocenters. The van der Waals surface area contributed by atoms with Crippen molar-refractivity contribution in [3.63, 3.8) is 0 Å². The van der Waals surface area contributed by atoms with E-state index in [1.54, 1.807) is 0 Å². The first-order valence-electron chi connectivity index (χ1n) is 8.97. The second-order valence-electron chi connectivity index (χ2n) is 7.22. The molecule has 2 aromatic rings. The predicted octanol–water partition coefficient (Wildman–Crippen LogP) is 6.82. The maximum atomic E-state index is 6.58. The molecule has 1 heteroatoms. The molecular weight excluding hydrogens is 292 g/mol. The molecule has 0 spiro atoms. The Labute approximate surface area is 148 Å². The Kier molecular flexibility index (Phi) is 5.13. The fraction of sp³-hybridized carbons (Fsp3) is 0.478. The van der Waals surface area contributed by atoms with E-state index in [-0.39, 0.29) is 0 Å². The van der Waals surface area contributed by atoms with Crippen molar-refractivity contribution in [2.24, 2.45) is 0 Å². The van der Waals surface area contributed by atoms with Gasteiger partial charge in [-0.3, -0.25) is 0 Å². The zero-order valence-corrected chi connectivity index (χ0v) is 17.1. The van der Waals surface area contributed by atoms with Gasteiger partial charge in [-0.1, -0.05) is 6.92 Å². The number of benzene rings is 2. The first-order chi connectivity index (χ1) is 11.1. The van der Waals surface area contributed by atoms with E-state index in [1.165, 1.54) is 55.6 Å². The maximum absolute atomic E-state index is 6.58. The van der Waals surface area contributed by atoms with Gasteiger partial charge in [-0.25, -0.2) is 0 Å². The summed E-state index contributed by atoms with van der Waals surface area (Å²) in [6.07, 6.45) is 1.07. The maximum Gasteiger partial charge on any atom is 0.133 e. The highest BCUT2D eigenvalue weighted by Gasteiger charge is 2.19. The van der Waals surface area contributed by atoms with Crippen molar-refractivity contribution in [3.8, 4) is 11.5 Å². The van der Waals surface area contributed by atoms with Crippen LogP contribution in [-0.2, 0) is 6.42 Å². The van der Waals surface area contributed by atoms with Gasteiger partial charge in [0.25, 0.3) is 0 Å². The molecule has 0 fully saturated rings. The minimum absolute atomic E-state index is 1.03. The smallest absolute Gasteiger partial charge is 0.133 e. The summed E-state index contributed by atoms with van der Waals surface area (Å²) in [5.41, 5.74) is 13.3. The lowest BCUT2D eigenvalue weighted by Crippen LogP contribution is -2.05. The van der Waals surface area contributed by atoms with Crippen molar-refractivity contribution in [3.05, 3.63) is 55.6 Å². The molecular formula is C23H32O. The summed E-state index contributed by atoms with van der Waals surface area (Å²) in [4.78, 5) is 0. The Bertz CT molecular complexity index is 752. The first-order valence-corrected chi connectivity index (χ1v) is 8.97. The largest absolute Gasteiger partial charge is 0.456 e. The molecule has 24 heavy (non-hydrogen) atoms. The standard InChI is InChI=1S/C23H32O/c1-11-21-15(5)19(9)23(20(10)16(21)6)24-22-17(7)13(3)12(2)14(4)18(22)8/h11H2,1-10H3. The van der Waals surface area contributed by atoms with Crippen LogP contribution in [0, 0.1) is 62.3 Å². The summed E-state index contributed by atoms with van der Waals surface area (Å²) < 4.78 is 6.58. The SMILES string of the molecule is CCc1c(C)c(C)c(Oc2c(C)c(C)c(C)c(C)c2C)c(C)c1C. The van der Waals surface area contributed by atoms with Gasteiger partial charge in [-0.15, -0.1) is 0 Å². The molecule has 2 rings (SSSR count). The van der Waals surface area contributed by atoms with Crippen LogP contribution in [0.3, 0.4) is 0 Å². The van der Waals surface area contributed by atoms with Gasteiger partial charge in [0.05, 0.1) is 0 Å². The highest BCUT2D eigenvalue weighted by atomic mass is 16.5. The third-order valence-corrected chi connectivity index (χ3v) is 6.20. The molecule has 1 nitrogen and oxygen atoms in total. The van der Waals surface area contributed by atoms with E-state index in [0.29, 0.717) is 0 Å². The van der Waals surface area contributed by atoms with Crippen LogP contribution in [0.1, 0.15) is 62.6 Å². The lowest BCUT2D eigenvalue weighted by molar-refractivity contribution is 0.465. The third-order valence-electron chi connectivity index (χ3n) is 6.20. The lowest BCUT2D eigenvalue weighted by Gasteiger charge is -2.23. The van der Waals surface area contributed by atoms with E-state index in [0.717, 1.165) is 17.9 Å². The average molecular weight is 325 g/mol. The Hall–Kier alpha value is -1.76. The van der Waals surface area contributed by atoms with Gasteiger partial charge in [-0.2, -0.15) is 0 Å². The van der Waals surface area contributed by atoms with Crippen LogP contribution in [0.4, 0.5) is 0 Å². The second kappa shape index (κ2) is 6.63. The summed E-state index contributed by atoms with van der Waals surface area (Å²) in [6.45, 7) is 22.0. The van der Waals surface area contributed by atoms with Gasteiger partial charge in [0.15, 0.2) is 0 Å². The van der Waals surface area contributed by atoms with Crippen LogP contribution in [0.5, 0.6) is 11.5 Å². The van der Waals surface area contributed by atoms with E-state index in [4.69, 9.17) is 4.74 Å². The Balaban J connectivity index is 2.71. The molecule has 0 aromatic heterocycles. The molecule has 0 saturated heterocycles. The average Bonchev–Trinajstić information content (AvgIpc) is 2.56. The molecule has 0 saturated carbocycles. The van der Waals surface area contributed by atoms with Gasteiger partial charge in [0, 0.05) is 0 Å². The van der Waals surface area contributed by atoms with Crippen molar-refractivity contribution in [2.75, 3.05) is 0 Å². The minimum Gasteiger partial charge on any atom is -0.456 e. The molecule has 0 heterocycles. The van der Waals surface area contributed by atoms with Crippen LogP contribution in [0.25, 0.3) is 0 Å². The van der Waals surface area contributed by atoms with Crippen molar-refractivity contribution < 1.29 is 4.74 Å². The summed E-state index contributed by atoms with van der Waals surface area (Å²) in [5.74, 6) is 2.07. The fourth-order valence-corrected chi connectivity index (χ4v) is 3.76. The van der Waals surface area contributed by atoms with Crippen LogP contribution in [0.15, 0.2) is 0 Å². The first kappa shape index (κ1) is 18.6. The van der Waals surface area contributed by atoms with Gasteiger partial charge >= 0.3 is 0 Å². The quantitative estimate of drug-likeness (QED) is 0.602. The van der Waals surface area contributed by atoms with Crippen LogP contribution in [-0.4, -0.2) is 0 Å². The molecule has 0 aliphatic heterocycles. The normalized spacial score (nSPS) is 11.1. The Morgan fingerprint density at radius 2 is 0.750 bits per heavy atom. The van der Waals surface area contributed by atoms with E-state index >= 15 is 0 Å². The van der Waals surface area contributed by atoms with E-state index in [1.807, 2.05) is 0 Å². The summed E-state index contributed by atoms with van der Waals surface area (Å²) in [6, 6.07) is 0. The number of hydrogen-bond donors (Lipinski definition) is 0. The van der Waals surface area contributed by atoms with Crippen molar-refractivity contribution in [2.45, 2.75) is 75.7 Å². The van der Waals surface area contributed by atoms with Gasteiger partial charge in [-0.05, 0) is 124 Å². The van der Waals surface area contributed by atoms with Crippen LogP contribution >= 0.6 is 0 Å². The number of rotatable bonds is 3. The van der Waals surface area contributed by atoms with Crippen LogP contribution < -0.4 is 4.74 Å². The zero-order valence-electron chi connectivity index (χ0n) is 17.1. The molecule has 2 aromatic carbocycles. The second-order valence-corrected chi connectivity index (χ2v) is 7.22. The third kappa shape index (κ3) is 2.75. The molecule has 0 unspecified atom stereocenters. The summed E-state index contributed by atoms with van der Waals surface area (Å²) >= 11 is 0. The number of ether oxygens (including phenoxy) is 1. The molecule has 0 N–H and O–H groups in total. The molecule has 0 bridgehead atoms. The van der Waals surface area contributed by atoms with Gasteiger partial charge < -0.3 is 4.74 Å². The number of hydrogen-bond acceptors (Lipinski definition) is 1. The summed E-state index contributed by atoms with van der Waals surface area (Å²) in [7, 11) is 0. The minimum atomic E-state index is 1.03. The predicted molar refractivity (Wildman–Crippen MR) is 105 cm³/mol. The molecule has 0 aliphatic rings. The monoisotopic (exact) mass is 324 g/mol. The zero-order chi connectivity index (χ0) is 18.3. The summed E-state index contributed by atoms with van der Waals surface area (Å²) in [5, 5.41) is 0. The molecule has 0 radical (unpaired) electrons. The van der Waals surface area contributed by atoms with Gasteiger partial charge in [0.1, 0.15) is 11.5 Å². The van der Waals surface area contributed by atoms with E-state index < -0.39 is 0 Å². The highest BCUT2D eigenvalue weighted by Crippen LogP contribution is 2.40. The van der Waals surface area contributed by atoms with Crippen molar-refractivity contribution in [1.29, 1.82) is 0 Å².